The number of nitrogens with one attached hydrogen (secondary N) is 2. The summed E-state index contributed by atoms with van der Waals surface area (Å²) in [4.78, 5) is 34.3. The van der Waals surface area contributed by atoms with Crippen molar-refractivity contribution in [3.8, 4) is 0 Å². The molecule has 0 radical (unpaired) electrons. The van der Waals surface area contributed by atoms with E-state index in [0.29, 0.717) is 17.7 Å². The van der Waals surface area contributed by atoms with Gasteiger partial charge in [-0.05, 0) is 24.1 Å². The van der Waals surface area contributed by atoms with E-state index in [1.165, 1.54) is 6.08 Å². The summed E-state index contributed by atoms with van der Waals surface area (Å²) in [5.41, 5.74) is 1.13. The summed E-state index contributed by atoms with van der Waals surface area (Å²) in [5, 5.41) is 14.2. The molecule has 0 saturated carbocycles. The lowest BCUT2D eigenvalue weighted by Crippen LogP contribution is -2.36. The molecule has 1 aromatic rings. The van der Waals surface area contributed by atoms with Crippen molar-refractivity contribution in [1.82, 2.24) is 5.32 Å². The molecule has 124 valence electrons. The maximum atomic E-state index is 12.0. The largest absolute Gasteiger partial charge is 0.481 e. The zero-order chi connectivity index (χ0) is 17.2. The predicted molar refractivity (Wildman–Crippen MR) is 88.1 cm³/mol. The van der Waals surface area contributed by atoms with Crippen LogP contribution in [0.4, 0.5) is 5.69 Å². The molecule has 0 bridgehead atoms. The van der Waals surface area contributed by atoms with Crippen LogP contribution in [-0.2, 0) is 20.8 Å². The molecule has 23 heavy (non-hydrogen) atoms. The highest BCUT2D eigenvalue weighted by molar-refractivity contribution is 5.92. The Labute approximate surface area is 135 Å². The van der Waals surface area contributed by atoms with Gasteiger partial charge in [-0.3, -0.25) is 14.4 Å². The van der Waals surface area contributed by atoms with Crippen molar-refractivity contribution in [3.05, 3.63) is 42.5 Å². The molecule has 0 fully saturated rings. The third-order valence-corrected chi connectivity index (χ3v) is 3.08. The Morgan fingerprint density at radius 3 is 2.65 bits per heavy atom. The molecule has 3 N–H and O–H groups in total. The zero-order valence-corrected chi connectivity index (χ0v) is 13.2. The van der Waals surface area contributed by atoms with Crippen LogP contribution in [0.2, 0.25) is 0 Å². The van der Waals surface area contributed by atoms with Crippen LogP contribution in [0, 0.1) is 0 Å². The number of carboxylic acid groups (broad SMARTS) is 1. The molecule has 0 heterocycles. The van der Waals surface area contributed by atoms with Gasteiger partial charge in [-0.15, -0.1) is 6.58 Å². The molecule has 6 heteroatoms. The molecule has 6 nitrogen and oxygen atoms in total. The Balaban J connectivity index is 2.59. The van der Waals surface area contributed by atoms with E-state index in [1.807, 2.05) is 6.92 Å². The van der Waals surface area contributed by atoms with Crippen LogP contribution in [0.3, 0.4) is 0 Å². The molecule has 0 spiro atoms. The minimum absolute atomic E-state index is 0.0715. The van der Waals surface area contributed by atoms with Crippen molar-refractivity contribution in [1.29, 1.82) is 0 Å². The van der Waals surface area contributed by atoms with Gasteiger partial charge in [-0.2, -0.15) is 0 Å². The van der Waals surface area contributed by atoms with E-state index in [1.54, 1.807) is 24.3 Å². The van der Waals surface area contributed by atoms with Gasteiger partial charge in [-0.25, -0.2) is 0 Å². The predicted octanol–water partition coefficient (Wildman–Crippen LogP) is 2.11. The maximum absolute atomic E-state index is 12.0. The number of benzene rings is 1. The van der Waals surface area contributed by atoms with E-state index < -0.39 is 12.0 Å². The number of aliphatic carboxylic acids is 1. The number of carboxylic acids is 1. The number of hydrogen-bond acceptors (Lipinski definition) is 3. The van der Waals surface area contributed by atoms with Crippen molar-refractivity contribution >= 4 is 23.5 Å². The average Bonchev–Trinajstić information content (AvgIpc) is 2.46. The first-order chi connectivity index (χ1) is 10.9. The van der Waals surface area contributed by atoms with Crippen molar-refractivity contribution in [2.75, 3.05) is 5.32 Å². The van der Waals surface area contributed by atoms with Gasteiger partial charge in [0.25, 0.3) is 0 Å². The standard InChI is InChI=1S/C17H22N2O4/c1-3-6-15(20)18-13(4-2)11-16(21)19-14-8-5-7-12(9-14)10-17(22)23/h4-5,7-9,13H,2-3,6,10-11H2,1H3,(H,18,20)(H,19,21)(H,22,23). The quantitative estimate of drug-likeness (QED) is 0.608. The minimum atomic E-state index is -0.932. The lowest BCUT2D eigenvalue weighted by molar-refractivity contribution is -0.136. The Hall–Kier alpha value is -2.63. The number of anilines is 1. The van der Waals surface area contributed by atoms with Gasteiger partial charge in [0.05, 0.1) is 18.9 Å². The van der Waals surface area contributed by atoms with Crippen LogP contribution >= 0.6 is 0 Å². The van der Waals surface area contributed by atoms with Crippen molar-refractivity contribution in [3.63, 3.8) is 0 Å². The van der Waals surface area contributed by atoms with E-state index in [4.69, 9.17) is 5.11 Å². The highest BCUT2D eigenvalue weighted by Crippen LogP contribution is 2.12. The number of carbonyl (C=O) groups is 3. The molecule has 0 saturated heterocycles. The highest BCUT2D eigenvalue weighted by atomic mass is 16.4. The Kier molecular flexibility index (Phi) is 7.53. The van der Waals surface area contributed by atoms with Crippen LogP contribution in [0.25, 0.3) is 0 Å². The van der Waals surface area contributed by atoms with E-state index in [9.17, 15) is 14.4 Å². The summed E-state index contributed by atoms with van der Waals surface area (Å²) in [6.07, 6.45) is 2.63. The van der Waals surface area contributed by atoms with Crippen LogP contribution in [0.15, 0.2) is 36.9 Å². The second kappa shape index (κ2) is 9.40. The summed E-state index contributed by atoms with van der Waals surface area (Å²) in [6, 6.07) is 6.23. The van der Waals surface area contributed by atoms with E-state index in [0.717, 1.165) is 6.42 Å². The molecule has 0 aliphatic carbocycles. The molecule has 0 aliphatic heterocycles. The Morgan fingerprint density at radius 2 is 2.04 bits per heavy atom. The first-order valence-electron chi connectivity index (χ1n) is 7.47. The molecular formula is C17H22N2O4. The van der Waals surface area contributed by atoms with Gasteiger partial charge >= 0.3 is 5.97 Å². The molecule has 1 unspecified atom stereocenters. The molecule has 1 atom stereocenters. The summed E-state index contributed by atoms with van der Waals surface area (Å²) >= 11 is 0. The van der Waals surface area contributed by atoms with Gasteiger partial charge < -0.3 is 15.7 Å². The first kappa shape index (κ1) is 18.4. The van der Waals surface area contributed by atoms with Gasteiger partial charge in [-0.1, -0.05) is 25.1 Å². The van der Waals surface area contributed by atoms with Crippen molar-refractivity contribution in [2.24, 2.45) is 0 Å². The fraction of sp³-hybridized carbons (Fsp3) is 0.353. The van der Waals surface area contributed by atoms with Gasteiger partial charge in [0, 0.05) is 12.1 Å². The minimum Gasteiger partial charge on any atom is -0.481 e. The van der Waals surface area contributed by atoms with E-state index in [2.05, 4.69) is 17.2 Å². The summed E-state index contributed by atoms with van der Waals surface area (Å²) in [6.45, 7) is 5.52. The third-order valence-electron chi connectivity index (χ3n) is 3.08. The molecule has 1 aromatic carbocycles. The van der Waals surface area contributed by atoms with Gasteiger partial charge in [0.15, 0.2) is 0 Å². The topological polar surface area (TPSA) is 95.5 Å². The smallest absolute Gasteiger partial charge is 0.307 e. The number of carbonyl (C=O) groups excluding carboxylic acids is 2. The molecule has 0 aromatic heterocycles. The number of hydrogen-bond donors (Lipinski definition) is 3. The number of rotatable bonds is 9. The summed E-state index contributed by atoms with van der Waals surface area (Å²) in [5.74, 6) is -1.33. The molecule has 0 aliphatic rings. The lowest BCUT2D eigenvalue weighted by atomic mass is 10.1. The van der Waals surface area contributed by atoms with Gasteiger partial charge in [0.2, 0.25) is 11.8 Å². The van der Waals surface area contributed by atoms with Crippen molar-refractivity contribution in [2.45, 2.75) is 38.6 Å². The second-order valence-corrected chi connectivity index (χ2v) is 5.18. The SMILES string of the molecule is C=CC(CC(=O)Nc1cccc(CC(=O)O)c1)NC(=O)CCC. The highest BCUT2D eigenvalue weighted by Gasteiger charge is 2.13. The van der Waals surface area contributed by atoms with E-state index in [-0.39, 0.29) is 24.7 Å². The Bertz CT molecular complexity index is 584. The maximum Gasteiger partial charge on any atom is 0.307 e. The Morgan fingerprint density at radius 1 is 1.30 bits per heavy atom. The second-order valence-electron chi connectivity index (χ2n) is 5.18. The molecule has 1 rings (SSSR count). The van der Waals surface area contributed by atoms with Gasteiger partial charge in [0.1, 0.15) is 0 Å². The number of amides is 2. The average molecular weight is 318 g/mol. The van der Waals surface area contributed by atoms with E-state index >= 15 is 0 Å². The van der Waals surface area contributed by atoms with Crippen LogP contribution in [0.1, 0.15) is 31.7 Å². The first-order valence-corrected chi connectivity index (χ1v) is 7.47. The zero-order valence-electron chi connectivity index (χ0n) is 13.2. The summed E-state index contributed by atoms with van der Waals surface area (Å²) < 4.78 is 0. The molecule has 2 amide bonds. The summed E-state index contributed by atoms with van der Waals surface area (Å²) in [7, 11) is 0. The monoisotopic (exact) mass is 318 g/mol. The fourth-order valence-electron chi connectivity index (χ4n) is 2.04. The van der Waals surface area contributed by atoms with Crippen LogP contribution in [0.5, 0.6) is 0 Å². The third kappa shape index (κ3) is 7.26. The van der Waals surface area contributed by atoms with Crippen LogP contribution in [-0.4, -0.2) is 28.9 Å². The lowest BCUT2D eigenvalue weighted by Gasteiger charge is -2.14. The van der Waals surface area contributed by atoms with Crippen LogP contribution < -0.4 is 10.6 Å². The fourth-order valence-corrected chi connectivity index (χ4v) is 2.04. The normalized spacial score (nSPS) is 11.3. The van der Waals surface area contributed by atoms with Crippen molar-refractivity contribution < 1.29 is 19.5 Å². The molecular weight excluding hydrogens is 296 g/mol.